The summed E-state index contributed by atoms with van der Waals surface area (Å²) in [6.07, 6.45) is 1.76. The van der Waals surface area contributed by atoms with Gasteiger partial charge >= 0.3 is 0 Å². The number of aromatic nitrogens is 2. The number of methoxy groups -OCH3 is 1. The van der Waals surface area contributed by atoms with Gasteiger partial charge in [0.15, 0.2) is 0 Å². The van der Waals surface area contributed by atoms with Gasteiger partial charge in [-0.15, -0.1) is 0 Å². The van der Waals surface area contributed by atoms with Crippen molar-refractivity contribution in [3.8, 4) is 0 Å². The van der Waals surface area contributed by atoms with Crippen LogP contribution in [0.25, 0.3) is 0 Å². The molecule has 1 unspecified atom stereocenters. The maximum Gasteiger partial charge on any atom is 0.226 e. The third-order valence-corrected chi connectivity index (χ3v) is 2.13. The maximum atomic E-state index is 5.07. The summed E-state index contributed by atoms with van der Waals surface area (Å²) in [4.78, 5) is 10.4. The summed E-state index contributed by atoms with van der Waals surface area (Å²) in [5.74, 6) is 2.02. The van der Waals surface area contributed by atoms with Crippen molar-refractivity contribution in [3.05, 3.63) is 12.3 Å². The van der Waals surface area contributed by atoms with E-state index in [-0.39, 0.29) is 0 Å². The zero-order valence-electron chi connectivity index (χ0n) is 10.4. The third kappa shape index (κ3) is 4.02. The lowest BCUT2D eigenvalue weighted by atomic mass is 10.2. The van der Waals surface area contributed by atoms with Crippen molar-refractivity contribution in [2.24, 2.45) is 5.92 Å². The first-order chi connectivity index (χ1) is 7.63. The van der Waals surface area contributed by atoms with Crippen LogP contribution in [0.1, 0.15) is 6.92 Å². The van der Waals surface area contributed by atoms with Gasteiger partial charge in [-0.1, -0.05) is 6.92 Å². The minimum Gasteiger partial charge on any atom is -0.384 e. The molecule has 0 aliphatic carbocycles. The molecule has 90 valence electrons. The van der Waals surface area contributed by atoms with Gasteiger partial charge in [-0.05, 0) is 12.0 Å². The van der Waals surface area contributed by atoms with Crippen molar-refractivity contribution in [1.82, 2.24) is 9.97 Å². The van der Waals surface area contributed by atoms with Gasteiger partial charge in [0.1, 0.15) is 5.82 Å². The van der Waals surface area contributed by atoms with Crippen molar-refractivity contribution < 1.29 is 4.74 Å². The summed E-state index contributed by atoms with van der Waals surface area (Å²) in [5, 5.41) is 3.27. The fourth-order valence-corrected chi connectivity index (χ4v) is 1.28. The van der Waals surface area contributed by atoms with Crippen LogP contribution in [0, 0.1) is 5.92 Å². The lowest BCUT2D eigenvalue weighted by Gasteiger charge is -2.14. The molecule has 0 radical (unpaired) electrons. The second-order valence-corrected chi connectivity index (χ2v) is 4.08. The van der Waals surface area contributed by atoms with Gasteiger partial charge in [0.2, 0.25) is 5.95 Å². The van der Waals surface area contributed by atoms with E-state index in [0.717, 1.165) is 19.0 Å². The van der Waals surface area contributed by atoms with Crippen LogP contribution in [0.15, 0.2) is 12.3 Å². The van der Waals surface area contributed by atoms with Gasteiger partial charge in [0, 0.05) is 33.9 Å². The lowest BCUT2D eigenvalue weighted by molar-refractivity contribution is 0.164. The minimum absolute atomic E-state index is 0.461. The van der Waals surface area contributed by atoms with E-state index in [2.05, 4.69) is 22.2 Å². The molecule has 0 aliphatic rings. The maximum absolute atomic E-state index is 5.07. The van der Waals surface area contributed by atoms with Gasteiger partial charge < -0.3 is 15.0 Å². The molecule has 1 atom stereocenters. The first-order valence-electron chi connectivity index (χ1n) is 5.36. The van der Waals surface area contributed by atoms with Crippen molar-refractivity contribution in [2.45, 2.75) is 6.92 Å². The molecule has 0 aromatic carbocycles. The summed E-state index contributed by atoms with van der Waals surface area (Å²) in [7, 11) is 5.56. The van der Waals surface area contributed by atoms with E-state index in [9.17, 15) is 0 Å². The van der Waals surface area contributed by atoms with Gasteiger partial charge in [0.05, 0.1) is 6.61 Å². The Labute approximate surface area is 96.8 Å². The molecule has 0 saturated carbocycles. The second-order valence-electron chi connectivity index (χ2n) is 4.08. The molecule has 1 heterocycles. The van der Waals surface area contributed by atoms with Crippen LogP contribution in [0.2, 0.25) is 0 Å². The minimum atomic E-state index is 0.461. The van der Waals surface area contributed by atoms with E-state index >= 15 is 0 Å². The van der Waals surface area contributed by atoms with Crippen molar-refractivity contribution >= 4 is 11.8 Å². The molecule has 0 bridgehead atoms. The van der Waals surface area contributed by atoms with Gasteiger partial charge in [0.25, 0.3) is 0 Å². The highest BCUT2D eigenvalue weighted by Gasteiger charge is 2.03. The Kier molecular flexibility index (Phi) is 4.98. The van der Waals surface area contributed by atoms with E-state index in [0.29, 0.717) is 11.9 Å². The predicted octanol–water partition coefficient (Wildman–Crippen LogP) is 1.24. The number of nitrogens with one attached hydrogen (secondary N) is 1. The van der Waals surface area contributed by atoms with Crippen LogP contribution in [0.3, 0.4) is 0 Å². The average Bonchev–Trinajstić information content (AvgIpc) is 2.27. The summed E-state index contributed by atoms with van der Waals surface area (Å²) in [5.41, 5.74) is 0. The third-order valence-electron chi connectivity index (χ3n) is 2.13. The quantitative estimate of drug-likeness (QED) is 0.787. The average molecular weight is 224 g/mol. The molecule has 0 amide bonds. The number of rotatable bonds is 6. The van der Waals surface area contributed by atoms with Gasteiger partial charge in [-0.3, -0.25) is 0 Å². The summed E-state index contributed by atoms with van der Waals surface area (Å²) in [6.45, 7) is 3.72. The number of anilines is 2. The molecule has 1 rings (SSSR count). The Balaban J connectivity index is 2.50. The Morgan fingerprint density at radius 1 is 1.50 bits per heavy atom. The van der Waals surface area contributed by atoms with E-state index < -0.39 is 0 Å². The number of ether oxygens (including phenoxy) is 1. The topological polar surface area (TPSA) is 50.3 Å². The van der Waals surface area contributed by atoms with Crippen molar-refractivity contribution in [2.75, 3.05) is 44.6 Å². The Hall–Kier alpha value is -1.36. The van der Waals surface area contributed by atoms with Gasteiger partial charge in [-0.2, -0.15) is 4.98 Å². The van der Waals surface area contributed by atoms with Crippen LogP contribution < -0.4 is 10.2 Å². The monoisotopic (exact) mass is 224 g/mol. The molecule has 16 heavy (non-hydrogen) atoms. The molecule has 0 fully saturated rings. The van der Waals surface area contributed by atoms with E-state index in [1.807, 2.05) is 25.1 Å². The Bertz CT molecular complexity index is 317. The molecular weight excluding hydrogens is 204 g/mol. The normalized spacial score (nSPS) is 12.2. The summed E-state index contributed by atoms with van der Waals surface area (Å²) in [6, 6.07) is 1.87. The largest absolute Gasteiger partial charge is 0.384 e. The smallest absolute Gasteiger partial charge is 0.226 e. The summed E-state index contributed by atoms with van der Waals surface area (Å²) >= 11 is 0. The van der Waals surface area contributed by atoms with Crippen molar-refractivity contribution in [3.63, 3.8) is 0 Å². The highest BCUT2D eigenvalue weighted by Crippen LogP contribution is 2.08. The van der Waals surface area contributed by atoms with Crippen LogP contribution in [0.5, 0.6) is 0 Å². The molecule has 5 heteroatoms. The molecule has 0 saturated heterocycles. The Morgan fingerprint density at radius 3 is 2.88 bits per heavy atom. The van der Waals surface area contributed by atoms with E-state index in [1.165, 1.54) is 0 Å². The van der Waals surface area contributed by atoms with Crippen LogP contribution in [-0.4, -0.2) is 44.3 Å². The predicted molar refractivity (Wildman–Crippen MR) is 65.9 cm³/mol. The SMILES string of the molecule is COCC(C)CNc1ccnc(N(C)C)n1. The molecule has 1 N–H and O–H groups in total. The number of nitrogens with zero attached hydrogens (tertiary/aromatic N) is 3. The zero-order valence-corrected chi connectivity index (χ0v) is 10.4. The fourth-order valence-electron chi connectivity index (χ4n) is 1.28. The second kappa shape index (κ2) is 6.27. The lowest BCUT2D eigenvalue weighted by Crippen LogP contribution is -2.18. The number of hydrogen-bond acceptors (Lipinski definition) is 5. The highest BCUT2D eigenvalue weighted by molar-refractivity contribution is 5.40. The highest BCUT2D eigenvalue weighted by atomic mass is 16.5. The standard InChI is InChI=1S/C11H20N4O/c1-9(8-16-4)7-13-10-5-6-12-11(14-10)15(2)3/h5-6,9H,7-8H2,1-4H3,(H,12,13,14). The zero-order chi connectivity index (χ0) is 12.0. The first kappa shape index (κ1) is 12.7. The van der Waals surface area contributed by atoms with Crippen LogP contribution in [-0.2, 0) is 4.74 Å². The summed E-state index contributed by atoms with van der Waals surface area (Å²) < 4.78 is 5.07. The molecule has 0 aliphatic heterocycles. The molecule has 1 aromatic rings. The Morgan fingerprint density at radius 2 is 2.25 bits per heavy atom. The van der Waals surface area contributed by atoms with E-state index in [4.69, 9.17) is 4.74 Å². The molecule has 5 nitrogen and oxygen atoms in total. The number of hydrogen-bond donors (Lipinski definition) is 1. The molecule has 0 spiro atoms. The molecular formula is C11H20N4O. The molecule has 1 aromatic heterocycles. The van der Waals surface area contributed by atoms with Crippen molar-refractivity contribution in [1.29, 1.82) is 0 Å². The fraction of sp³-hybridized carbons (Fsp3) is 0.636. The van der Waals surface area contributed by atoms with Crippen LogP contribution in [0.4, 0.5) is 11.8 Å². The first-order valence-corrected chi connectivity index (χ1v) is 5.36. The van der Waals surface area contributed by atoms with E-state index in [1.54, 1.807) is 13.3 Å². The van der Waals surface area contributed by atoms with Crippen LogP contribution >= 0.6 is 0 Å². The van der Waals surface area contributed by atoms with Gasteiger partial charge in [-0.25, -0.2) is 4.98 Å².